The van der Waals surface area contributed by atoms with Crippen molar-refractivity contribution >= 4 is 11.8 Å². The molecule has 1 fully saturated rings. The SMILES string of the molecule is CCCC[C@@H]1C(=O)N(C)CCN1C(=O)Cn1ccnc1CC. The second-order valence-corrected chi connectivity index (χ2v) is 5.83. The largest absolute Gasteiger partial charge is 0.342 e. The van der Waals surface area contributed by atoms with E-state index in [0.717, 1.165) is 31.5 Å². The van der Waals surface area contributed by atoms with Crippen LogP contribution in [-0.4, -0.2) is 57.3 Å². The van der Waals surface area contributed by atoms with E-state index in [1.807, 2.05) is 24.7 Å². The Morgan fingerprint density at radius 2 is 2.14 bits per heavy atom. The number of unbranched alkanes of at least 4 members (excludes halogenated alkanes) is 1. The van der Waals surface area contributed by atoms with Gasteiger partial charge in [-0.2, -0.15) is 0 Å². The number of hydrogen-bond donors (Lipinski definition) is 0. The quantitative estimate of drug-likeness (QED) is 0.796. The highest BCUT2D eigenvalue weighted by Gasteiger charge is 2.35. The second-order valence-electron chi connectivity index (χ2n) is 5.83. The van der Waals surface area contributed by atoms with Crippen LogP contribution in [0.15, 0.2) is 12.4 Å². The van der Waals surface area contributed by atoms with Crippen molar-refractivity contribution < 1.29 is 9.59 Å². The van der Waals surface area contributed by atoms with Gasteiger partial charge >= 0.3 is 0 Å². The Labute approximate surface area is 132 Å². The molecule has 0 saturated carbocycles. The third-order valence-corrected chi connectivity index (χ3v) is 4.29. The Hall–Kier alpha value is -1.85. The lowest BCUT2D eigenvalue weighted by molar-refractivity contribution is -0.151. The normalized spacial score (nSPS) is 18.9. The monoisotopic (exact) mass is 306 g/mol. The molecule has 0 unspecified atom stereocenters. The number of likely N-dealkylation sites (N-methyl/N-ethyl adjacent to an activating group) is 1. The van der Waals surface area contributed by atoms with E-state index < -0.39 is 0 Å². The fourth-order valence-electron chi connectivity index (χ4n) is 2.92. The molecule has 2 rings (SSSR count). The number of aromatic nitrogens is 2. The maximum Gasteiger partial charge on any atom is 0.245 e. The van der Waals surface area contributed by atoms with Gasteiger partial charge in [0.25, 0.3) is 0 Å². The van der Waals surface area contributed by atoms with Gasteiger partial charge in [0.05, 0.1) is 0 Å². The number of rotatable bonds is 6. The van der Waals surface area contributed by atoms with Gasteiger partial charge in [0.2, 0.25) is 11.8 Å². The molecule has 6 nitrogen and oxygen atoms in total. The van der Waals surface area contributed by atoms with Crippen LogP contribution in [0.25, 0.3) is 0 Å². The number of hydrogen-bond acceptors (Lipinski definition) is 3. The number of aryl methyl sites for hydroxylation is 1. The Morgan fingerprint density at radius 1 is 1.36 bits per heavy atom. The zero-order valence-electron chi connectivity index (χ0n) is 13.8. The summed E-state index contributed by atoms with van der Waals surface area (Å²) in [5.74, 6) is 0.976. The zero-order chi connectivity index (χ0) is 16.1. The molecule has 2 amide bonds. The van der Waals surface area contributed by atoms with Crippen LogP contribution in [0.2, 0.25) is 0 Å². The third kappa shape index (κ3) is 3.48. The van der Waals surface area contributed by atoms with Gasteiger partial charge in [-0.05, 0) is 6.42 Å². The summed E-state index contributed by atoms with van der Waals surface area (Å²) in [6.07, 6.45) is 7.07. The van der Waals surface area contributed by atoms with Crippen molar-refractivity contribution in [2.24, 2.45) is 0 Å². The zero-order valence-corrected chi connectivity index (χ0v) is 13.8. The van der Waals surface area contributed by atoms with Crippen molar-refractivity contribution in [1.29, 1.82) is 0 Å². The molecule has 0 radical (unpaired) electrons. The van der Waals surface area contributed by atoms with E-state index in [2.05, 4.69) is 11.9 Å². The summed E-state index contributed by atoms with van der Waals surface area (Å²) in [5, 5.41) is 0. The lowest BCUT2D eigenvalue weighted by Gasteiger charge is -2.39. The van der Waals surface area contributed by atoms with E-state index in [9.17, 15) is 9.59 Å². The van der Waals surface area contributed by atoms with Gasteiger partial charge in [0, 0.05) is 39.0 Å². The predicted molar refractivity (Wildman–Crippen MR) is 84.3 cm³/mol. The van der Waals surface area contributed by atoms with Crippen molar-refractivity contribution in [3.63, 3.8) is 0 Å². The van der Waals surface area contributed by atoms with Gasteiger partial charge in [-0.15, -0.1) is 0 Å². The first-order chi connectivity index (χ1) is 10.6. The Bertz CT molecular complexity index is 526. The molecule has 1 aliphatic heterocycles. The maximum absolute atomic E-state index is 12.7. The predicted octanol–water partition coefficient (Wildman–Crippen LogP) is 1.30. The highest BCUT2D eigenvalue weighted by molar-refractivity contribution is 5.88. The molecule has 1 atom stereocenters. The second kappa shape index (κ2) is 7.42. The molecule has 0 spiro atoms. The summed E-state index contributed by atoms with van der Waals surface area (Å²) in [4.78, 5) is 32.8. The number of nitrogens with zero attached hydrogens (tertiary/aromatic N) is 4. The number of imidazole rings is 1. The minimum atomic E-state index is -0.306. The molecule has 2 heterocycles. The van der Waals surface area contributed by atoms with Gasteiger partial charge in [-0.25, -0.2) is 4.98 Å². The molecular weight excluding hydrogens is 280 g/mol. The molecule has 1 aliphatic rings. The molecular formula is C16H26N4O2. The van der Waals surface area contributed by atoms with Crippen molar-refractivity contribution in [1.82, 2.24) is 19.4 Å². The summed E-state index contributed by atoms with van der Waals surface area (Å²) >= 11 is 0. The first-order valence-electron chi connectivity index (χ1n) is 8.12. The molecule has 1 aromatic rings. The van der Waals surface area contributed by atoms with E-state index in [-0.39, 0.29) is 24.4 Å². The van der Waals surface area contributed by atoms with Crippen molar-refractivity contribution in [3.8, 4) is 0 Å². The van der Waals surface area contributed by atoms with Crippen LogP contribution in [0, 0.1) is 0 Å². The summed E-state index contributed by atoms with van der Waals surface area (Å²) in [6.45, 7) is 5.61. The van der Waals surface area contributed by atoms with Gasteiger partial charge in [0.1, 0.15) is 18.4 Å². The fourth-order valence-corrected chi connectivity index (χ4v) is 2.92. The van der Waals surface area contributed by atoms with E-state index in [4.69, 9.17) is 0 Å². The van der Waals surface area contributed by atoms with Crippen LogP contribution >= 0.6 is 0 Å². The summed E-state index contributed by atoms with van der Waals surface area (Å²) in [7, 11) is 1.81. The molecule has 0 bridgehead atoms. The molecule has 122 valence electrons. The van der Waals surface area contributed by atoms with Crippen LogP contribution in [0.3, 0.4) is 0 Å². The Kier molecular flexibility index (Phi) is 5.57. The Balaban J connectivity index is 2.10. The van der Waals surface area contributed by atoms with Crippen LogP contribution in [0.1, 0.15) is 38.9 Å². The minimum absolute atomic E-state index is 0.00949. The van der Waals surface area contributed by atoms with E-state index >= 15 is 0 Å². The summed E-state index contributed by atoms with van der Waals surface area (Å²) < 4.78 is 1.88. The maximum atomic E-state index is 12.7. The Morgan fingerprint density at radius 3 is 2.82 bits per heavy atom. The highest BCUT2D eigenvalue weighted by atomic mass is 16.2. The number of carbonyl (C=O) groups excluding carboxylic acids is 2. The number of carbonyl (C=O) groups is 2. The number of amides is 2. The fraction of sp³-hybridized carbons (Fsp3) is 0.688. The molecule has 6 heteroatoms. The first-order valence-corrected chi connectivity index (χ1v) is 8.12. The molecule has 0 aromatic carbocycles. The van der Waals surface area contributed by atoms with Crippen LogP contribution in [0.4, 0.5) is 0 Å². The summed E-state index contributed by atoms with van der Waals surface area (Å²) in [6, 6.07) is -0.306. The van der Waals surface area contributed by atoms with E-state index in [0.29, 0.717) is 13.1 Å². The van der Waals surface area contributed by atoms with Crippen molar-refractivity contribution in [2.45, 2.75) is 52.1 Å². The lowest BCUT2D eigenvalue weighted by Crippen LogP contribution is -2.58. The van der Waals surface area contributed by atoms with Crippen LogP contribution < -0.4 is 0 Å². The average Bonchev–Trinajstić information content (AvgIpc) is 2.95. The van der Waals surface area contributed by atoms with Crippen molar-refractivity contribution in [3.05, 3.63) is 18.2 Å². The van der Waals surface area contributed by atoms with Gasteiger partial charge in [-0.1, -0.05) is 26.7 Å². The molecule has 1 saturated heterocycles. The summed E-state index contributed by atoms with van der Waals surface area (Å²) in [5.41, 5.74) is 0. The average molecular weight is 306 g/mol. The van der Waals surface area contributed by atoms with Crippen LogP contribution in [-0.2, 0) is 22.6 Å². The van der Waals surface area contributed by atoms with Crippen molar-refractivity contribution in [2.75, 3.05) is 20.1 Å². The lowest BCUT2D eigenvalue weighted by atomic mass is 10.0. The van der Waals surface area contributed by atoms with Gasteiger partial charge in [0.15, 0.2) is 0 Å². The van der Waals surface area contributed by atoms with Gasteiger partial charge < -0.3 is 14.4 Å². The molecule has 22 heavy (non-hydrogen) atoms. The molecule has 0 N–H and O–H groups in total. The number of piperazine rings is 1. The van der Waals surface area contributed by atoms with Crippen LogP contribution in [0.5, 0.6) is 0 Å². The highest BCUT2D eigenvalue weighted by Crippen LogP contribution is 2.17. The smallest absolute Gasteiger partial charge is 0.245 e. The standard InChI is InChI=1S/C16H26N4O2/c1-4-6-7-13-16(22)18(3)10-11-20(13)15(21)12-19-9-8-17-14(19)5-2/h8-9,13H,4-7,10-12H2,1-3H3/t13-/m1/s1. The van der Waals surface area contributed by atoms with Gasteiger partial charge in [-0.3, -0.25) is 9.59 Å². The minimum Gasteiger partial charge on any atom is -0.342 e. The topological polar surface area (TPSA) is 58.4 Å². The molecule has 0 aliphatic carbocycles. The molecule has 1 aromatic heterocycles. The van der Waals surface area contributed by atoms with E-state index in [1.165, 1.54) is 0 Å². The third-order valence-electron chi connectivity index (χ3n) is 4.29. The first kappa shape index (κ1) is 16.5. The van der Waals surface area contributed by atoms with E-state index in [1.54, 1.807) is 16.0 Å².